The van der Waals surface area contributed by atoms with Crippen LogP contribution in [0.5, 0.6) is 0 Å². The molecule has 0 aliphatic rings. The van der Waals surface area contributed by atoms with Crippen molar-refractivity contribution in [1.29, 1.82) is 0 Å². The number of carbonyl (C=O) groups is 1. The second-order valence-corrected chi connectivity index (χ2v) is 4.05. The fraction of sp³-hybridized carbons (Fsp3) is 0. The van der Waals surface area contributed by atoms with E-state index in [-0.39, 0.29) is 63.6 Å². The van der Waals surface area contributed by atoms with Crippen LogP contribution in [0.1, 0.15) is 10.4 Å². The second kappa shape index (κ2) is 8.34. The summed E-state index contributed by atoms with van der Waals surface area (Å²) < 4.78 is 33.7. The van der Waals surface area contributed by atoms with E-state index in [1.165, 1.54) is 0 Å². The third-order valence-electron chi connectivity index (χ3n) is 1.42. The third-order valence-corrected chi connectivity index (χ3v) is 2.75. The van der Waals surface area contributed by atoms with Crippen LogP contribution in [0.25, 0.3) is 0 Å². The van der Waals surface area contributed by atoms with Crippen molar-refractivity contribution in [3.05, 3.63) is 28.0 Å². The van der Waals surface area contributed by atoms with Gasteiger partial charge in [0.15, 0.2) is 0 Å². The van der Waals surface area contributed by atoms with Crippen molar-refractivity contribution in [3.8, 4) is 0 Å². The predicted molar refractivity (Wildman–Crippen MR) is 45.6 cm³/mol. The molecule has 9 heteroatoms. The van der Waals surface area contributed by atoms with Gasteiger partial charge in [-0.1, -0.05) is 15.9 Å². The van der Waals surface area contributed by atoms with Gasteiger partial charge in [-0.2, -0.15) is 0 Å². The fourth-order valence-electron chi connectivity index (χ4n) is 0.813. The minimum Gasteiger partial charge on any atom is -0.768 e. The van der Waals surface area contributed by atoms with Crippen molar-refractivity contribution in [2.75, 3.05) is 0 Å². The van der Waals surface area contributed by atoms with Crippen molar-refractivity contribution in [1.82, 2.24) is 0 Å². The summed E-state index contributed by atoms with van der Waals surface area (Å²) in [5.74, 6) is -2.60. The average molecular weight is 327 g/mol. The van der Waals surface area contributed by atoms with Crippen molar-refractivity contribution in [2.24, 2.45) is 0 Å². The molecule has 0 fully saturated rings. The predicted octanol–water partition coefficient (Wildman–Crippen LogP) is -5.80. The summed E-state index contributed by atoms with van der Waals surface area (Å²) in [4.78, 5) is 9.74. The summed E-state index contributed by atoms with van der Waals surface area (Å²) in [5.41, 5.74) is -0.411. The van der Waals surface area contributed by atoms with E-state index < -0.39 is 33.3 Å². The van der Waals surface area contributed by atoms with E-state index >= 15 is 0 Å². The Morgan fingerprint density at radius 1 is 1.38 bits per heavy atom. The fourth-order valence-corrected chi connectivity index (χ4v) is 1.72. The zero-order chi connectivity index (χ0) is 10.9. The Morgan fingerprint density at radius 2 is 1.88 bits per heavy atom. The quantitative estimate of drug-likeness (QED) is 0.400. The Bertz CT molecular complexity index is 394. The molecule has 76 valence electrons. The van der Waals surface area contributed by atoms with Crippen LogP contribution in [-0.4, -0.2) is 14.7 Å². The Morgan fingerprint density at radius 3 is 2.25 bits per heavy atom. The number of aromatic carboxylic acids is 1. The number of hydrogen-bond donors (Lipinski definition) is 0. The normalized spacial score (nSPS) is 10.9. The molecular formula is C7H2BrFNa2O4S. The number of carboxylic acid groups (broad SMARTS) is 1. The maximum Gasteiger partial charge on any atom is 1.00 e. The number of halogens is 2. The van der Waals surface area contributed by atoms with E-state index in [0.717, 1.165) is 6.07 Å². The molecular weight excluding hydrogens is 325 g/mol. The maximum absolute atomic E-state index is 12.9. The van der Waals surface area contributed by atoms with Gasteiger partial charge in [0.25, 0.3) is 0 Å². The molecule has 1 aromatic carbocycles. The summed E-state index contributed by atoms with van der Waals surface area (Å²) in [6.07, 6.45) is 0. The average Bonchev–Trinajstić information content (AvgIpc) is 2.02. The van der Waals surface area contributed by atoms with Crippen molar-refractivity contribution < 1.29 is 82.2 Å². The van der Waals surface area contributed by atoms with Crippen LogP contribution in [0.2, 0.25) is 0 Å². The molecule has 4 nitrogen and oxygen atoms in total. The van der Waals surface area contributed by atoms with E-state index in [1.807, 2.05) is 0 Å². The van der Waals surface area contributed by atoms with Crippen molar-refractivity contribution >= 4 is 33.0 Å². The molecule has 0 aliphatic carbocycles. The van der Waals surface area contributed by atoms with E-state index in [1.54, 1.807) is 0 Å². The SMILES string of the molecule is O=C([O-])c1cc(S(=O)[O-])c(F)cc1Br.[Na+].[Na+]. The molecule has 1 unspecified atom stereocenters. The van der Waals surface area contributed by atoms with E-state index in [4.69, 9.17) is 0 Å². The second-order valence-electron chi connectivity index (χ2n) is 2.28. The molecule has 1 atom stereocenters. The zero-order valence-corrected chi connectivity index (χ0v) is 14.9. The molecule has 0 aliphatic heterocycles. The number of carboxylic acids is 1. The molecule has 0 spiro atoms. The van der Waals surface area contributed by atoms with Gasteiger partial charge in [0.05, 0.1) is 10.9 Å². The number of rotatable bonds is 2. The minimum atomic E-state index is -2.81. The smallest absolute Gasteiger partial charge is 0.768 e. The first-order valence-corrected chi connectivity index (χ1v) is 5.10. The molecule has 0 heterocycles. The molecule has 0 N–H and O–H groups in total. The van der Waals surface area contributed by atoms with Gasteiger partial charge in [-0.3, -0.25) is 4.21 Å². The van der Waals surface area contributed by atoms with Crippen molar-refractivity contribution in [2.45, 2.75) is 4.90 Å². The van der Waals surface area contributed by atoms with Crippen LogP contribution in [0.15, 0.2) is 21.5 Å². The van der Waals surface area contributed by atoms with Gasteiger partial charge in [-0.25, -0.2) is 4.39 Å². The van der Waals surface area contributed by atoms with Crippen LogP contribution in [-0.2, 0) is 11.1 Å². The molecule has 16 heavy (non-hydrogen) atoms. The van der Waals surface area contributed by atoms with Crippen LogP contribution in [0, 0.1) is 5.82 Å². The van der Waals surface area contributed by atoms with Gasteiger partial charge in [0.1, 0.15) is 5.82 Å². The summed E-state index contributed by atoms with van der Waals surface area (Å²) in [6, 6.07) is 1.45. The monoisotopic (exact) mass is 326 g/mol. The van der Waals surface area contributed by atoms with Crippen LogP contribution < -0.4 is 64.2 Å². The topological polar surface area (TPSA) is 80.3 Å². The third kappa shape index (κ3) is 4.83. The first-order chi connectivity index (χ1) is 6.43. The number of carbonyl (C=O) groups excluding carboxylic acids is 1. The molecule has 1 rings (SSSR count). The molecule has 0 saturated carbocycles. The van der Waals surface area contributed by atoms with Crippen LogP contribution in [0.3, 0.4) is 0 Å². The Balaban J connectivity index is 0. The number of benzene rings is 1. The molecule has 0 radical (unpaired) electrons. The summed E-state index contributed by atoms with van der Waals surface area (Å²) in [6.45, 7) is 0. The molecule has 0 aromatic heterocycles. The Labute approximate surface area is 146 Å². The molecule has 0 amide bonds. The van der Waals surface area contributed by atoms with Gasteiger partial charge < -0.3 is 14.5 Å². The van der Waals surface area contributed by atoms with Gasteiger partial charge >= 0.3 is 59.1 Å². The minimum absolute atomic E-state index is 0. The first-order valence-electron chi connectivity index (χ1n) is 3.23. The van der Waals surface area contributed by atoms with Gasteiger partial charge in [0.2, 0.25) is 0 Å². The standard InChI is InChI=1S/C7H4BrFO4S.2Na/c8-4-2-5(9)6(14(12)13)1-3(4)7(10)11;;/h1-2H,(H,10,11)(H,12,13);;/q;2*+1/p-2. The van der Waals surface area contributed by atoms with Gasteiger partial charge in [-0.05, 0) is 23.2 Å². The zero-order valence-electron chi connectivity index (χ0n) is 8.45. The van der Waals surface area contributed by atoms with E-state index in [9.17, 15) is 23.1 Å². The van der Waals surface area contributed by atoms with Gasteiger partial charge in [0, 0.05) is 10.0 Å². The van der Waals surface area contributed by atoms with E-state index in [2.05, 4.69) is 15.9 Å². The maximum atomic E-state index is 12.9. The van der Waals surface area contributed by atoms with Crippen molar-refractivity contribution in [3.63, 3.8) is 0 Å². The molecule has 0 bridgehead atoms. The first kappa shape index (κ1) is 19.5. The van der Waals surface area contributed by atoms with Crippen LogP contribution >= 0.6 is 15.9 Å². The van der Waals surface area contributed by atoms with Crippen LogP contribution in [0.4, 0.5) is 4.39 Å². The molecule has 1 aromatic rings. The Hall–Kier alpha value is 1.21. The summed E-state index contributed by atoms with van der Waals surface area (Å²) in [5, 5.41) is 10.4. The van der Waals surface area contributed by atoms with E-state index in [0.29, 0.717) is 6.07 Å². The number of hydrogen-bond acceptors (Lipinski definition) is 4. The Kier molecular flexibility index (Phi) is 10.2. The molecule has 0 saturated heterocycles. The largest absolute Gasteiger partial charge is 1.00 e. The summed E-state index contributed by atoms with van der Waals surface area (Å²) >= 11 is -0.0434. The summed E-state index contributed by atoms with van der Waals surface area (Å²) in [7, 11) is 0. The van der Waals surface area contributed by atoms with Gasteiger partial charge in [-0.15, -0.1) is 0 Å².